The number of hydrogen-bond acceptors (Lipinski definition) is 3. The third-order valence-corrected chi connectivity index (χ3v) is 6.37. The highest BCUT2D eigenvalue weighted by atomic mass is 16.4. The molecule has 0 unspecified atom stereocenters. The molecule has 1 saturated carbocycles. The number of rotatable bonds is 4. The molecule has 1 aliphatic carbocycles. The molecule has 1 aliphatic heterocycles. The highest BCUT2D eigenvalue weighted by Crippen LogP contribution is 2.49. The number of nitrogens with one attached hydrogen (secondary N) is 1. The topological polar surface area (TPSA) is 87.5 Å². The van der Waals surface area contributed by atoms with Crippen molar-refractivity contribution in [3.05, 3.63) is 41.7 Å². The summed E-state index contributed by atoms with van der Waals surface area (Å²) in [6.45, 7) is 4.85. The first-order valence-corrected chi connectivity index (χ1v) is 9.88. The predicted molar refractivity (Wildman–Crippen MR) is 106 cm³/mol. The van der Waals surface area contributed by atoms with E-state index in [-0.39, 0.29) is 18.5 Å². The summed E-state index contributed by atoms with van der Waals surface area (Å²) in [4.78, 5) is 26.4. The van der Waals surface area contributed by atoms with Crippen molar-refractivity contribution in [2.45, 2.75) is 39.5 Å². The molecule has 2 aromatic rings. The maximum atomic E-state index is 12.9. The van der Waals surface area contributed by atoms with Crippen molar-refractivity contribution in [2.24, 2.45) is 11.3 Å². The highest BCUT2D eigenvalue weighted by Gasteiger charge is 2.55. The van der Waals surface area contributed by atoms with Crippen LogP contribution in [-0.2, 0) is 11.2 Å². The van der Waals surface area contributed by atoms with E-state index >= 15 is 0 Å². The van der Waals surface area contributed by atoms with Crippen molar-refractivity contribution in [2.75, 3.05) is 18.4 Å². The van der Waals surface area contributed by atoms with Crippen molar-refractivity contribution < 1.29 is 14.7 Å². The monoisotopic (exact) mass is 382 g/mol. The first-order valence-electron chi connectivity index (χ1n) is 9.88. The van der Waals surface area contributed by atoms with Gasteiger partial charge in [0.15, 0.2) is 0 Å². The van der Waals surface area contributed by atoms with Crippen molar-refractivity contribution in [3.63, 3.8) is 0 Å². The van der Waals surface area contributed by atoms with Crippen LogP contribution in [0.5, 0.6) is 0 Å². The Morgan fingerprint density at radius 1 is 1.36 bits per heavy atom. The molecule has 1 aromatic carbocycles. The number of carbonyl (C=O) groups excluding carboxylic acids is 1. The Balaban J connectivity index is 1.55. The van der Waals surface area contributed by atoms with Gasteiger partial charge < -0.3 is 15.3 Å². The largest absolute Gasteiger partial charge is 0.481 e. The van der Waals surface area contributed by atoms with Gasteiger partial charge in [-0.2, -0.15) is 5.10 Å². The van der Waals surface area contributed by atoms with Gasteiger partial charge >= 0.3 is 12.0 Å². The zero-order valence-corrected chi connectivity index (χ0v) is 16.3. The first-order chi connectivity index (χ1) is 13.5. The van der Waals surface area contributed by atoms with Crippen LogP contribution in [-0.4, -0.2) is 44.9 Å². The number of aryl methyl sites for hydroxylation is 1. The summed E-state index contributed by atoms with van der Waals surface area (Å²) in [6.07, 6.45) is 4.85. The van der Waals surface area contributed by atoms with E-state index in [1.54, 1.807) is 11.1 Å². The van der Waals surface area contributed by atoms with Crippen molar-refractivity contribution >= 4 is 17.7 Å². The summed E-state index contributed by atoms with van der Waals surface area (Å²) in [5.74, 6) is -0.719. The summed E-state index contributed by atoms with van der Waals surface area (Å²) in [6, 6.07) is 7.75. The molecule has 4 rings (SSSR count). The second kappa shape index (κ2) is 6.96. The first kappa shape index (κ1) is 18.5. The number of carboxylic acids is 1. The van der Waals surface area contributed by atoms with Crippen LogP contribution in [0.25, 0.3) is 5.69 Å². The number of aliphatic carboxylic acids is 1. The standard InChI is InChI=1S/C21H26N4O3/c1-3-17-16(11-22-25(17)18-9-5-4-7-14(18)2)23-20(28)24-12-15-8-6-10-21(15,13-24)19(26)27/h4-5,7,9,11,15H,3,6,8,10,12-13H2,1-2H3,(H,23,28)(H,26,27)/t15-,21+/m0/s1. The van der Waals surface area contributed by atoms with E-state index in [0.29, 0.717) is 25.1 Å². The van der Waals surface area contributed by atoms with Crippen molar-refractivity contribution in [3.8, 4) is 5.69 Å². The van der Waals surface area contributed by atoms with Crippen LogP contribution in [0.15, 0.2) is 30.5 Å². The van der Waals surface area contributed by atoms with E-state index in [0.717, 1.165) is 29.8 Å². The van der Waals surface area contributed by atoms with Gasteiger partial charge in [0.25, 0.3) is 0 Å². The Morgan fingerprint density at radius 3 is 2.82 bits per heavy atom. The van der Waals surface area contributed by atoms with Gasteiger partial charge in [-0.3, -0.25) is 4.79 Å². The zero-order valence-electron chi connectivity index (χ0n) is 16.3. The zero-order chi connectivity index (χ0) is 19.9. The number of carboxylic acid groups (broad SMARTS) is 1. The van der Waals surface area contributed by atoms with Crippen LogP contribution in [0.2, 0.25) is 0 Å². The molecule has 2 heterocycles. The van der Waals surface area contributed by atoms with Crippen LogP contribution in [0.1, 0.15) is 37.4 Å². The van der Waals surface area contributed by atoms with Gasteiger partial charge in [-0.1, -0.05) is 31.5 Å². The second-order valence-corrected chi connectivity index (χ2v) is 7.92. The fraction of sp³-hybridized carbons (Fsp3) is 0.476. The summed E-state index contributed by atoms with van der Waals surface area (Å²) in [7, 11) is 0. The maximum Gasteiger partial charge on any atom is 0.321 e. The SMILES string of the molecule is CCc1c(NC(=O)N2C[C@@H]3CCC[C@@]3(C(=O)O)C2)cnn1-c1ccccc1C. The number of amides is 2. The lowest BCUT2D eigenvalue weighted by molar-refractivity contribution is -0.149. The number of likely N-dealkylation sites (tertiary alicyclic amines) is 1. The molecular formula is C21H26N4O3. The van der Waals surface area contributed by atoms with E-state index in [1.807, 2.05) is 42.8 Å². The molecule has 1 aromatic heterocycles. The molecule has 7 nitrogen and oxygen atoms in total. The number of anilines is 1. The van der Waals surface area contributed by atoms with Crippen LogP contribution in [0, 0.1) is 18.3 Å². The number of para-hydroxylation sites is 1. The molecule has 1 saturated heterocycles. The number of benzene rings is 1. The Morgan fingerprint density at radius 2 is 2.14 bits per heavy atom. The average Bonchev–Trinajstić information content (AvgIpc) is 3.34. The molecule has 28 heavy (non-hydrogen) atoms. The van der Waals surface area contributed by atoms with Gasteiger partial charge in [0.1, 0.15) is 0 Å². The van der Waals surface area contributed by atoms with Crippen molar-refractivity contribution in [1.82, 2.24) is 14.7 Å². The van der Waals surface area contributed by atoms with E-state index < -0.39 is 11.4 Å². The Bertz CT molecular complexity index is 922. The molecular weight excluding hydrogens is 356 g/mol. The van der Waals surface area contributed by atoms with Gasteiger partial charge in [0.05, 0.1) is 28.7 Å². The molecule has 7 heteroatoms. The summed E-state index contributed by atoms with van der Waals surface area (Å²) < 4.78 is 1.86. The quantitative estimate of drug-likeness (QED) is 0.848. The van der Waals surface area contributed by atoms with E-state index in [1.165, 1.54) is 0 Å². The molecule has 2 aliphatic rings. The van der Waals surface area contributed by atoms with Crippen LogP contribution < -0.4 is 5.32 Å². The summed E-state index contributed by atoms with van der Waals surface area (Å²) in [5, 5.41) is 17.2. The minimum Gasteiger partial charge on any atom is -0.481 e. The highest BCUT2D eigenvalue weighted by molar-refractivity contribution is 5.91. The van der Waals surface area contributed by atoms with Gasteiger partial charge in [-0.05, 0) is 43.7 Å². The number of aromatic nitrogens is 2. The minimum absolute atomic E-state index is 0.0519. The van der Waals surface area contributed by atoms with Crippen molar-refractivity contribution in [1.29, 1.82) is 0 Å². The lowest BCUT2D eigenvalue weighted by Gasteiger charge is -2.23. The second-order valence-electron chi connectivity index (χ2n) is 7.92. The van der Waals surface area contributed by atoms with Crippen LogP contribution in [0.3, 0.4) is 0 Å². The molecule has 0 bridgehead atoms. The molecule has 148 valence electrons. The van der Waals surface area contributed by atoms with Gasteiger partial charge in [0, 0.05) is 13.1 Å². The summed E-state index contributed by atoms with van der Waals surface area (Å²) in [5.41, 5.74) is 2.93. The van der Waals surface area contributed by atoms with E-state index in [4.69, 9.17) is 0 Å². The lowest BCUT2D eigenvalue weighted by atomic mass is 9.81. The van der Waals surface area contributed by atoms with Gasteiger partial charge in [-0.15, -0.1) is 0 Å². The Labute approximate surface area is 164 Å². The number of carbonyl (C=O) groups is 2. The van der Waals surface area contributed by atoms with Gasteiger partial charge in [-0.25, -0.2) is 9.48 Å². The number of nitrogens with zero attached hydrogens (tertiary/aromatic N) is 3. The predicted octanol–water partition coefficient (Wildman–Crippen LogP) is 3.46. The van der Waals surface area contributed by atoms with E-state index in [2.05, 4.69) is 10.4 Å². The minimum atomic E-state index is -0.771. The van der Waals surface area contributed by atoms with E-state index in [9.17, 15) is 14.7 Å². The average molecular weight is 382 g/mol. The third-order valence-electron chi connectivity index (χ3n) is 6.37. The third kappa shape index (κ3) is 2.85. The summed E-state index contributed by atoms with van der Waals surface area (Å²) >= 11 is 0. The normalized spacial score (nSPS) is 23.6. The molecule has 2 amide bonds. The Hall–Kier alpha value is -2.83. The van der Waals surface area contributed by atoms with Crippen LogP contribution >= 0.6 is 0 Å². The fourth-order valence-corrected chi connectivity index (χ4v) is 4.81. The smallest absolute Gasteiger partial charge is 0.321 e. The molecule has 2 fully saturated rings. The molecule has 2 N–H and O–H groups in total. The number of hydrogen-bond donors (Lipinski definition) is 2. The fourth-order valence-electron chi connectivity index (χ4n) is 4.81. The number of fused-ring (bicyclic) bond motifs is 1. The Kier molecular flexibility index (Phi) is 4.61. The molecule has 2 atom stereocenters. The molecule has 0 spiro atoms. The van der Waals surface area contributed by atoms with Crippen LogP contribution in [0.4, 0.5) is 10.5 Å². The number of urea groups is 1. The van der Waals surface area contributed by atoms with Gasteiger partial charge in [0.2, 0.25) is 0 Å². The molecule has 0 radical (unpaired) electrons. The lowest BCUT2D eigenvalue weighted by Crippen LogP contribution is -2.38. The maximum absolute atomic E-state index is 12.9.